The predicted molar refractivity (Wildman–Crippen MR) is 106 cm³/mol. The molecule has 152 valence electrons. The van der Waals surface area contributed by atoms with E-state index in [-0.39, 0.29) is 41.0 Å². The van der Waals surface area contributed by atoms with Crippen LogP contribution in [0.1, 0.15) is 43.0 Å². The summed E-state index contributed by atoms with van der Waals surface area (Å²) < 4.78 is 33.1. The molecule has 2 atom stereocenters. The van der Waals surface area contributed by atoms with Gasteiger partial charge in [0.15, 0.2) is 0 Å². The Morgan fingerprint density at radius 1 is 1.33 bits per heavy atom. The second-order valence-corrected chi connectivity index (χ2v) is 8.96. The van der Waals surface area contributed by atoms with Gasteiger partial charge in [-0.05, 0) is 49.8 Å². The van der Waals surface area contributed by atoms with E-state index in [2.05, 4.69) is 11.6 Å². The maximum atomic E-state index is 13.0. The van der Waals surface area contributed by atoms with Crippen molar-refractivity contribution >= 4 is 28.3 Å². The van der Waals surface area contributed by atoms with Gasteiger partial charge in [-0.1, -0.05) is 6.92 Å². The quantitative estimate of drug-likeness (QED) is 0.734. The molecule has 1 heterocycles. The molecule has 3 N–H and O–H groups in total. The summed E-state index contributed by atoms with van der Waals surface area (Å²) in [7, 11) is -2.30. The molecule has 1 amide bonds. The van der Waals surface area contributed by atoms with Gasteiger partial charge < -0.3 is 15.4 Å². The summed E-state index contributed by atoms with van der Waals surface area (Å²) >= 11 is 0. The highest BCUT2D eigenvalue weighted by Crippen LogP contribution is 2.30. The van der Waals surface area contributed by atoms with E-state index in [9.17, 15) is 13.2 Å². The van der Waals surface area contributed by atoms with Gasteiger partial charge in [-0.3, -0.25) is 4.79 Å². The highest BCUT2D eigenvalue weighted by atomic mass is 35.5. The summed E-state index contributed by atoms with van der Waals surface area (Å²) in [6, 6.07) is 4.53. The minimum Gasteiger partial charge on any atom is -0.495 e. The Morgan fingerprint density at radius 3 is 2.63 bits per heavy atom. The van der Waals surface area contributed by atoms with Gasteiger partial charge in [0.1, 0.15) is 10.6 Å². The molecule has 1 aliphatic carbocycles. The monoisotopic (exact) mass is 417 g/mol. The fraction of sp³-hybridized carbons (Fsp3) is 0.611. The normalized spacial score (nSPS) is 22.9. The number of ether oxygens (including phenoxy) is 1. The highest BCUT2D eigenvalue weighted by Gasteiger charge is 2.33. The lowest BCUT2D eigenvalue weighted by Crippen LogP contribution is -2.49. The number of likely N-dealkylation sites (tertiary alicyclic amines) is 1. The third kappa shape index (κ3) is 4.93. The fourth-order valence-corrected chi connectivity index (χ4v) is 4.91. The van der Waals surface area contributed by atoms with Crippen molar-refractivity contribution in [1.29, 1.82) is 0 Å². The number of benzene rings is 1. The Hall–Kier alpha value is -1.35. The van der Waals surface area contributed by atoms with Crippen LogP contribution >= 0.6 is 12.4 Å². The van der Waals surface area contributed by atoms with E-state index in [4.69, 9.17) is 10.5 Å². The zero-order chi connectivity index (χ0) is 18.9. The van der Waals surface area contributed by atoms with Crippen molar-refractivity contribution in [3.8, 4) is 5.75 Å². The van der Waals surface area contributed by atoms with Crippen LogP contribution in [0.3, 0.4) is 0 Å². The molecule has 1 saturated carbocycles. The van der Waals surface area contributed by atoms with Crippen LogP contribution in [0.4, 0.5) is 0 Å². The van der Waals surface area contributed by atoms with Crippen LogP contribution in [0.15, 0.2) is 23.1 Å². The minimum absolute atomic E-state index is 0. The molecule has 0 spiro atoms. The van der Waals surface area contributed by atoms with E-state index >= 15 is 0 Å². The smallest absolute Gasteiger partial charge is 0.254 e. The number of methoxy groups -OCH3 is 1. The van der Waals surface area contributed by atoms with Crippen LogP contribution in [0.5, 0.6) is 5.75 Å². The second-order valence-electron chi connectivity index (χ2n) is 7.28. The van der Waals surface area contributed by atoms with Gasteiger partial charge in [0, 0.05) is 30.7 Å². The van der Waals surface area contributed by atoms with Gasteiger partial charge >= 0.3 is 0 Å². The Bertz CT molecular complexity index is 783. The van der Waals surface area contributed by atoms with E-state index in [1.165, 1.54) is 13.2 Å². The van der Waals surface area contributed by atoms with E-state index in [0.717, 1.165) is 25.7 Å². The molecule has 1 aromatic rings. The summed E-state index contributed by atoms with van der Waals surface area (Å²) in [6.07, 6.45) is 3.47. The molecule has 1 aromatic carbocycles. The molecule has 0 radical (unpaired) electrons. The minimum atomic E-state index is -3.72. The molecule has 1 aliphatic heterocycles. The van der Waals surface area contributed by atoms with E-state index < -0.39 is 10.0 Å². The summed E-state index contributed by atoms with van der Waals surface area (Å²) in [5, 5.41) is 0. The highest BCUT2D eigenvalue weighted by molar-refractivity contribution is 7.89. The van der Waals surface area contributed by atoms with Crippen LogP contribution in [0, 0.1) is 5.92 Å². The van der Waals surface area contributed by atoms with Crippen molar-refractivity contribution in [2.45, 2.75) is 49.6 Å². The summed E-state index contributed by atoms with van der Waals surface area (Å²) in [4.78, 5) is 14.8. The molecule has 2 aliphatic rings. The Kier molecular flexibility index (Phi) is 7.13. The Labute approximate surface area is 167 Å². The molecule has 2 unspecified atom stereocenters. The first kappa shape index (κ1) is 21.9. The zero-order valence-corrected chi connectivity index (χ0v) is 17.3. The predicted octanol–water partition coefficient (Wildman–Crippen LogP) is 1.76. The van der Waals surface area contributed by atoms with Gasteiger partial charge in [0.2, 0.25) is 10.0 Å². The van der Waals surface area contributed by atoms with Crippen LogP contribution in [-0.4, -0.2) is 51.5 Å². The molecular formula is C18H28ClN3O4S. The van der Waals surface area contributed by atoms with Crippen molar-refractivity contribution in [3.05, 3.63) is 23.8 Å². The van der Waals surface area contributed by atoms with Crippen LogP contribution < -0.4 is 15.2 Å². The van der Waals surface area contributed by atoms with Crippen molar-refractivity contribution in [2.24, 2.45) is 11.7 Å². The van der Waals surface area contributed by atoms with Crippen molar-refractivity contribution < 1.29 is 17.9 Å². The first-order chi connectivity index (χ1) is 12.4. The molecule has 0 aromatic heterocycles. The molecule has 1 saturated heterocycles. The zero-order valence-electron chi connectivity index (χ0n) is 15.7. The molecule has 9 heteroatoms. The lowest BCUT2D eigenvalue weighted by molar-refractivity contribution is 0.0573. The summed E-state index contributed by atoms with van der Waals surface area (Å²) in [5.41, 5.74) is 6.20. The maximum Gasteiger partial charge on any atom is 0.254 e. The number of carbonyl (C=O) groups excluding carboxylic acids is 1. The Balaban J connectivity index is 0.00000261. The van der Waals surface area contributed by atoms with Gasteiger partial charge in [0.25, 0.3) is 5.91 Å². The van der Waals surface area contributed by atoms with Gasteiger partial charge in [-0.2, -0.15) is 0 Å². The number of nitrogens with two attached hydrogens (primary N) is 1. The number of sulfonamides is 1. The molecule has 2 fully saturated rings. The van der Waals surface area contributed by atoms with Crippen LogP contribution in [0.25, 0.3) is 0 Å². The third-order valence-corrected chi connectivity index (χ3v) is 6.65. The standard InChI is InChI=1S/C18H27N3O4S.ClH/c1-12-7-8-21(15(9-12)11-19)18(22)13-3-6-16(25-2)17(10-13)26(23,24)20-14-4-5-14;/h3,6,10,12,14-15,20H,4-5,7-9,11,19H2,1-2H3;1H. The second kappa shape index (κ2) is 8.77. The number of hydrogen-bond acceptors (Lipinski definition) is 5. The number of amides is 1. The summed E-state index contributed by atoms with van der Waals surface area (Å²) in [5.74, 6) is 0.581. The fourth-order valence-electron chi connectivity index (χ4n) is 3.41. The lowest BCUT2D eigenvalue weighted by atomic mass is 9.92. The number of rotatable bonds is 6. The number of halogens is 1. The third-order valence-electron chi connectivity index (χ3n) is 5.11. The van der Waals surface area contributed by atoms with E-state index in [0.29, 0.717) is 24.6 Å². The average molecular weight is 418 g/mol. The maximum absolute atomic E-state index is 13.0. The van der Waals surface area contributed by atoms with E-state index in [1.54, 1.807) is 17.0 Å². The number of hydrogen-bond donors (Lipinski definition) is 2. The Morgan fingerprint density at radius 2 is 2.04 bits per heavy atom. The number of nitrogens with zero attached hydrogens (tertiary/aromatic N) is 1. The van der Waals surface area contributed by atoms with Crippen molar-refractivity contribution in [3.63, 3.8) is 0 Å². The molecular weight excluding hydrogens is 390 g/mol. The first-order valence-electron chi connectivity index (χ1n) is 9.07. The number of nitrogens with one attached hydrogen (secondary N) is 1. The average Bonchev–Trinajstić information content (AvgIpc) is 3.43. The van der Waals surface area contributed by atoms with E-state index in [1.807, 2.05) is 0 Å². The topological polar surface area (TPSA) is 102 Å². The largest absolute Gasteiger partial charge is 0.495 e. The molecule has 27 heavy (non-hydrogen) atoms. The van der Waals surface area contributed by atoms with Crippen molar-refractivity contribution in [1.82, 2.24) is 9.62 Å². The summed E-state index contributed by atoms with van der Waals surface area (Å²) in [6.45, 7) is 3.20. The number of carbonyl (C=O) groups is 1. The number of piperidine rings is 1. The van der Waals surface area contributed by atoms with Gasteiger partial charge in [-0.15, -0.1) is 12.4 Å². The SMILES string of the molecule is COc1ccc(C(=O)N2CCC(C)CC2CN)cc1S(=O)(=O)NC1CC1.Cl. The van der Waals surface area contributed by atoms with Gasteiger partial charge in [0.05, 0.1) is 7.11 Å². The first-order valence-corrected chi connectivity index (χ1v) is 10.6. The van der Waals surface area contributed by atoms with Gasteiger partial charge in [-0.25, -0.2) is 13.1 Å². The van der Waals surface area contributed by atoms with Crippen molar-refractivity contribution in [2.75, 3.05) is 20.2 Å². The molecule has 3 rings (SSSR count). The van der Waals surface area contributed by atoms with Crippen LogP contribution in [-0.2, 0) is 10.0 Å². The van der Waals surface area contributed by atoms with Crippen LogP contribution in [0.2, 0.25) is 0 Å². The molecule has 0 bridgehead atoms. The lowest BCUT2D eigenvalue weighted by Gasteiger charge is -2.38. The molecule has 7 nitrogen and oxygen atoms in total.